The van der Waals surface area contributed by atoms with Gasteiger partial charge in [0.05, 0.1) is 0 Å². The fourth-order valence-corrected chi connectivity index (χ4v) is 2.54. The highest BCUT2D eigenvalue weighted by molar-refractivity contribution is 5.68. The van der Waals surface area contributed by atoms with Gasteiger partial charge in [-0.2, -0.15) is 0 Å². The van der Waals surface area contributed by atoms with Crippen LogP contribution < -0.4 is 11.1 Å². The average molecular weight is 288 g/mol. The van der Waals surface area contributed by atoms with E-state index >= 15 is 0 Å². The highest BCUT2D eigenvalue weighted by Crippen LogP contribution is 2.23. The number of hydrogen-bond acceptors (Lipinski definition) is 2. The molecular weight excluding hydrogens is 268 g/mol. The summed E-state index contributed by atoms with van der Waals surface area (Å²) in [6.45, 7) is 2.88. The van der Waals surface area contributed by atoms with Crippen molar-refractivity contribution in [3.8, 4) is 11.1 Å². The van der Waals surface area contributed by atoms with Gasteiger partial charge in [0.25, 0.3) is 0 Å². The predicted octanol–water partition coefficient (Wildman–Crippen LogP) is 4.86. The van der Waals surface area contributed by atoms with Crippen molar-refractivity contribution in [1.29, 1.82) is 0 Å². The van der Waals surface area contributed by atoms with E-state index in [0.717, 1.165) is 17.9 Å². The highest BCUT2D eigenvalue weighted by Gasteiger charge is 2.00. The fourth-order valence-electron chi connectivity index (χ4n) is 2.54. The van der Waals surface area contributed by atoms with E-state index in [0.29, 0.717) is 0 Å². The molecule has 0 spiro atoms. The molecule has 0 saturated heterocycles. The van der Waals surface area contributed by atoms with E-state index in [1.54, 1.807) is 0 Å². The van der Waals surface area contributed by atoms with Gasteiger partial charge in [-0.15, -0.1) is 0 Å². The third kappa shape index (κ3) is 3.47. The maximum atomic E-state index is 5.81. The van der Waals surface area contributed by atoms with Crippen molar-refractivity contribution in [2.75, 3.05) is 11.1 Å². The molecule has 110 valence electrons. The van der Waals surface area contributed by atoms with Crippen molar-refractivity contribution >= 4 is 11.4 Å². The molecule has 3 rings (SSSR count). The number of rotatable bonds is 4. The zero-order chi connectivity index (χ0) is 15.4. The summed E-state index contributed by atoms with van der Waals surface area (Å²) in [6, 6.07) is 25.0. The Hall–Kier alpha value is -2.74. The number of hydrogen-bond donors (Lipinski definition) is 2. The molecule has 0 unspecified atom stereocenters. The van der Waals surface area contributed by atoms with Crippen LogP contribution in [0.4, 0.5) is 11.4 Å². The largest absolute Gasteiger partial charge is 0.399 e. The van der Waals surface area contributed by atoms with Crippen molar-refractivity contribution < 1.29 is 0 Å². The molecule has 2 nitrogen and oxygen atoms in total. The van der Waals surface area contributed by atoms with E-state index in [2.05, 4.69) is 66.8 Å². The van der Waals surface area contributed by atoms with Gasteiger partial charge < -0.3 is 11.1 Å². The van der Waals surface area contributed by atoms with Gasteiger partial charge in [0.15, 0.2) is 0 Å². The molecule has 2 heteroatoms. The SMILES string of the molecule is Cc1cccc(-c2cccc(NCc3cccc(N)c3)c2)c1. The van der Waals surface area contributed by atoms with Gasteiger partial charge in [0, 0.05) is 17.9 Å². The molecule has 0 saturated carbocycles. The highest BCUT2D eigenvalue weighted by atomic mass is 14.9. The molecular formula is C20H20N2. The molecule has 3 aromatic rings. The van der Waals surface area contributed by atoms with Crippen LogP contribution >= 0.6 is 0 Å². The Labute approximate surface area is 131 Å². The minimum atomic E-state index is 0.766. The van der Waals surface area contributed by atoms with Crippen LogP contribution in [0.15, 0.2) is 72.8 Å². The van der Waals surface area contributed by atoms with Crippen molar-refractivity contribution in [2.24, 2.45) is 0 Å². The second kappa shape index (κ2) is 6.35. The Morgan fingerprint density at radius 3 is 2.32 bits per heavy atom. The van der Waals surface area contributed by atoms with E-state index in [-0.39, 0.29) is 0 Å². The summed E-state index contributed by atoms with van der Waals surface area (Å²) < 4.78 is 0. The van der Waals surface area contributed by atoms with Gasteiger partial charge in [-0.1, -0.05) is 54.1 Å². The van der Waals surface area contributed by atoms with Crippen LogP contribution in [0.2, 0.25) is 0 Å². The number of nitrogens with two attached hydrogens (primary N) is 1. The van der Waals surface area contributed by atoms with Crippen molar-refractivity contribution in [3.63, 3.8) is 0 Å². The van der Waals surface area contributed by atoms with E-state index in [9.17, 15) is 0 Å². The standard InChI is InChI=1S/C20H20N2/c1-15-5-2-7-17(11-15)18-8-4-10-20(13-18)22-14-16-6-3-9-19(21)12-16/h2-13,22H,14,21H2,1H3. The zero-order valence-electron chi connectivity index (χ0n) is 12.7. The Kier molecular flexibility index (Phi) is 4.10. The van der Waals surface area contributed by atoms with Gasteiger partial charge in [0.1, 0.15) is 0 Å². The fraction of sp³-hybridized carbons (Fsp3) is 0.100. The first kappa shape index (κ1) is 14.2. The van der Waals surface area contributed by atoms with Crippen LogP contribution in [0.25, 0.3) is 11.1 Å². The van der Waals surface area contributed by atoms with Crippen LogP contribution in [-0.4, -0.2) is 0 Å². The monoisotopic (exact) mass is 288 g/mol. The molecule has 0 heterocycles. The lowest BCUT2D eigenvalue weighted by Gasteiger charge is -2.10. The summed E-state index contributed by atoms with van der Waals surface area (Å²) in [4.78, 5) is 0. The molecule has 0 aliphatic heterocycles. The Morgan fingerprint density at radius 2 is 1.55 bits per heavy atom. The number of anilines is 2. The molecule has 0 atom stereocenters. The summed E-state index contributed by atoms with van der Waals surface area (Å²) in [6.07, 6.45) is 0. The third-order valence-electron chi connectivity index (χ3n) is 3.66. The first-order chi connectivity index (χ1) is 10.7. The molecule has 3 aromatic carbocycles. The summed E-state index contributed by atoms with van der Waals surface area (Å²) in [5.74, 6) is 0. The van der Waals surface area contributed by atoms with E-state index in [1.807, 2.05) is 18.2 Å². The lowest BCUT2D eigenvalue weighted by atomic mass is 10.0. The molecule has 0 aliphatic carbocycles. The van der Waals surface area contributed by atoms with Crippen molar-refractivity contribution in [3.05, 3.63) is 83.9 Å². The van der Waals surface area contributed by atoms with Crippen LogP contribution in [0, 0.1) is 6.92 Å². The normalized spacial score (nSPS) is 10.4. The van der Waals surface area contributed by atoms with Gasteiger partial charge in [-0.25, -0.2) is 0 Å². The molecule has 0 fully saturated rings. The van der Waals surface area contributed by atoms with Crippen molar-refractivity contribution in [2.45, 2.75) is 13.5 Å². The maximum Gasteiger partial charge on any atom is 0.0401 e. The van der Waals surface area contributed by atoms with Gasteiger partial charge in [-0.05, 0) is 47.9 Å². The van der Waals surface area contributed by atoms with Gasteiger partial charge in [-0.3, -0.25) is 0 Å². The third-order valence-corrected chi connectivity index (χ3v) is 3.66. The second-order valence-corrected chi connectivity index (χ2v) is 5.55. The molecule has 3 N–H and O–H groups in total. The van der Waals surface area contributed by atoms with Gasteiger partial charge in [0.2, 0.25) is 0 Å². The average Bonchev–Trinajstić information content (AvgIpc) is 2.53. The minimum absolute atomic E-state index is 0.766. The zero-order valence-corrected chi connectivity index (χ0v) is 12.7. The lowest BCUT2D eigenvalue weighted by molar-refractivity contribution is 1.15. The van der Waals surface area contributed by atoms with E-state index in [1.165, 1.54) is 22.3 Å². The Morgan fingerprint density at radius 1 is 0.818 bits per heavy atom. The predicted molar refractivity (Wildman–Crippen MR) is 94.8 cm³/mol. The van der Waals surface area contributed by atoms with Crippen LogP contribution in [0.5, 0.6) is 0 Å². The summed E-state index contributed by atoms with van der Waals surface area (Å²) in [7, 11) is 0. The molecule has 0 amide bonds. The number of aryl methyl sites for hydroxylation is 1. The summed E-state index contributed by atoms with van der Waals surface area (Å²) >= 11 is 0. The molecule has 0 bridgehead atoms. The topological polar surface area (TPSA) is 38.0 Å². The molecule has 22 heavy (non-hydrogen) atoms. The lowest BCUT2D eigenvalue weighted by Crippen LogP contribution is -2.00. The number of nitrogens with one attached hydrogen (secondary N) is 1. The smallest absolute Gasteiger partial charge is 0.0401 e. The molecule has 0 aliphatic rings. The second-order valence-electron chi connectivity index (χ2n) is 5.55. The summed E-state index contributed by atoms with van der Waals surface area (Å²) in [5, 5.41) is 3.46. The van der Waals surface area contributed by atoms with Crippen molar-refractivity contribution in [1.82, 2.24) is 0 Å². The summed E-state index contributed by atoms with van der Waals surface area (Å²) in [5.41, 5.74) is 12.6. The number of nitrogen functional groups attached to an aromatic ring is 1. The number of benzene rings is 3. The minimum Gasteiger partial charge on any atom is -0.399 e. The molecule has 0 radical (unpaired) electrons. The van der Waals surface area contributed by atoms with E-state index < -0.39 is 0 Å². The molecule has 0 aromatic heterocycles. The van der Waals surface area contributed by atoms with Gasteiger partial charge >= 0.3 is 0 Å². The maximum absolute atomic E-state index is 5.81. The Bertz CT molecular complexity index is 778. The first-order valence-corrected chi connectivity index (χ1v) is 7.46. The van der Waals surface area contributed by atoms with Crippen LogP contribution in [-0.2, 0) is 6.54 Å². The first-order valence-electron chi connectivity index (χ1n) is 7.46. The van der Waals surface area contributed by atoms with E-state index in [4.69, 9.17) is 5.73 Å². The Balaban J connectivity index is 1.77. The van der Waals surface area contributed by atoms with Crippen LogP contribution in [0.1, 0.15) is 11.1 Å². The van der Waals surface area contributed by atoms with Crippen LogP contribution in [0.3, 0.4) is 0 Å². The quantitative estimate of drug-likeness (QED) is 0.673.